The van der Waals surface area contributed by atoms with Crippen molar-refractivity contribution < 1.29 is 0 Å². The van der Waals surface area contributed by atoms with Gasteiger partial charge in [0.25, 0.3) is 0 Å². The van der Waals surface area contributed by atoms with E-state index in [1.807, 2.05) is 40.9 Å². The summed E-state index contributed by atoms with van der Waals surface area (Å²) >= 11 is 0. The summed E-state index contributed by atoms with van der Waals surface area (Å²) in [7, 11) is 1.89. The van der Waals surface area contributed by atoms with Gasteiger partial charge in [0.05, 0.1) is 5.69 Å². The Bertz CT molecular complexity index is 942. The maximum atomic E-state index is 4.79. The molecule has 2 heteroatoms. The lowest BCUT2D eigenvalue weighted by atomic mass is 9.98. The number of aliphatic imine (C=N–C) groups is 1. The number of aryl methyl sites for hydroxylation is 5. The lowest BCUT2D eigenvalue weighted by Gasteiger charge is -2.12. The molecule has 0 aromatic heterocycles. The van der Waals surface area contributed by atoms with Crippen molar-refractivity contribution in [3.63, 3.8) is 0 Å². The second-order valence-electron chi connectivity index (χ2n) is 8.15. The molecule has 2 aromatic carbocycles. The van der Waals surface area contributed by atoms with Gasteiger partial charge in [-0.15, -0.1) is 0 Å². The van der Waals surface area contributed by atoms with E-state index in [1.165, 1.54) is 27.8 Å². The van der Waals surface area contributed by atoms with Crippen LogP contribution in [0.3, 0.4) is 0 Å². The molecule has 0 unspecified atom stereocenters. The third-order valence-electron chi connectivity index (χ3n) is 4.91. The molecule has 1 N–H and O–H groups in total. The van der Waals surface area contributed by atoms with Crippen LogP contribution in [0, 0.1) is 34.6 Å². The predicted octanol–water partition coefficient (Wildman–Crippen LogP) is 8.66. The van der Waals surface area contributed by atoms with Crippen LogP contribution < -0.4 is 5.32 Å². The minimum absolute atomic E-state index is 0.804. The zero-order chi connectivity index (χ0) is 24.8. The zero-order valence-corrected chi connectivity index (χ0v) is 22.1. The Labute approximate surface area is 197 Å². The van der Waals surface area contributed by atoms with Crippen LogP contribution in [0.1, 0.15) is 61.9 Å². The molecular weight excluding hydrogens is 388 g/mol. The zero-order valence-electron chi connectivity index (χ0n) is 22.1. The van der Waals surface area contributed by atoms with E-state index in [0.29, 0.717) is 0 Å². The summed E-state index contributed by atoms with van der Waals surface area (Å²) in [4.78, 5) is 4.79. The molecule has 0 heterocycles. The second-order valence-corrected chi connectivity index (χ2v) is 8.15. The van der Waals surface area contributed by atoms with Crippen molar-refractivity contribution in [2.75, 3.05) is 7.05 Å². The van der Waals surface area contributed by atoms with Crippen molar-refractivity contribution in [2.24, 2.45) is 4.99 Å². The Balaban J connectivity index is 0.000000796. The van der Waals surface area contributed by atoms with E-state index in [2.05, 4.69) is 89.5 Å². The van der Waals surface area contributed by atoms with Crippen LogP contribution in [0.25, 0.3) is 0 Å². The molecule has 0 atom stereocenters. The fourth-order valence-electron chi connectivity index (χ4n) is 3.10. The van der Waals surface area contributed by atoms with Crippen molar-refractivity contribution in [3.8, 4) is 0 Å². The van der Waals surface area contributed by atoms with Gasteiger partial charge in [-0.2, -0.15) is 0 Å². The summed E-state index contributed by atoms with van der Waals surface area (Å²) in [5.74, 6) is 0. The molecule has 2 aromatic rings. The Morgan fingerprint density at radius 2 is 1.41 bits per heavy atom. The molecule has 2 rings (SSSR count). The van der Waals surface area contributed by atoms with Crippen LogP contribution in [-0.4, -0.2) is 12.8 Å². The van der Waals surface area contributed by atoms with E-state index in [4.69, 9.17) is 4.99 Å². The molecule has 0 spiro atoms. The third-order valence-corrected chi connectivity index (χ3v) is 4.91. The number of allylic oxidation sites excluding steroid dienone is 3. The molecule has 0 saturated carbocycles. The summed E-state index contributed by atoms with van der Waals surface area (Å²) in [5, 5.41) is 3.08. The quantitative estimate of drug-likeness (QED) is 0.275. The van der Waals surface area contributed by atoms with Crippen molar-refractivity contribution in [3.05, 3.63) is 100 Å². The maximum absolute atomic E-state index is 4.79. The molecule has 0 amide bonds. The number of hydrogen-bond acceptors (Lipinski definition) is 2. The maximum Gasteiger partial charge on any atom is 0.0665 e. The topological polar surface area (TPSA) is 24.4 Å². The summed E-state index contributed by atoms with van der Waals surface area (Å²) < 4.78 is 0. The fraction of sp³-hybridized carbons (Fsp3) is 0.367. The Morgan fingerprint density at radius 3 is 1.84 bits per heavy atom. The molecule has 0 aliphatic rings. The number of hydrogen-bond donors (Lipinski definition) is 1. The first kappa shape index (κ1) is 29.1. The SMILES string of the molecule is C=C(C)C/C(=C/NC)C(=C)C(C)=Nc1cc(C)c(C)cc1C.CC.Cc1cccc(C)c1. The first-order valence-electron chi connectivity index (χ1n) is 11.4. The number of nitrogens with zero attached hydrogens (tertiary/aromatic N) is 1. The Hall–Kier alpha value is -2.87. The molecule has 0 aliphatic carbocycles. The number of benzene rings is 2. The fourth-order valence-corrected chi connectivity index (χ4v) is 3.10. The van der Waals surface area contributed by atoms with Crippen molar-refractivity contribution in [1.82, 2.24) is 5.32 Å². The Kier molecular flexibility index (Phi) is 13.7. The van der Waals surface area contributed by atoms with Crippen LogP contribution in [0.15, 0.2) is 77.5 Å². The van der Waals surface area contributed by atoms with Crippen LogP contribution in [0.2, 0.25) is 0 Å². The van der Waals surface area contributed by atoms with Gasteiger partial charge in [0, 0.05) is 19.0 Å². The van der Waals surface area contributed by atoms with Crippen LogP contribution in [-0.2, 0) is 0 Å². The van der Waals surface area contributed by atoms with E-state index in [1.54, 1.807) is 0 Å². The average molecular weight is 433 g/mol. The van der Waals surface area contributed by atoms with Crippen molar-refractivity contribution in [2.45, 2.75) is 68.7 Å². The third kappa shape index (κ3) is 10.4. The number of rotatable bonds is 6. The van der Waals surface area contributed by atoms with Crippen molar-refractivity contribution in [1.29, 1.82) is 0 Å². The van der Waals surface area contributed by atoms with Gasteiger partial charge in [-0.3, -0.25) is 4.99 Å². The molecule has 0 aliphatic heterocycles. The first-order chi connectivity index (χ1) is 15.0. The minimum atomic E-state index is 0.804. The highest BCUT2D eigenvalue weighted by molar-refractivity contribution is 6.03. The van der Waals surface area contributed by atoms with E-state index < -0.39 is 0 Å². The highest BCUT2D eigenvalue weighted by atomic mass is 14.8. The molecule has 32 heavy (non-hydrogen) atoms. The standard InChI is InChI=1S/C20H28N2.C8H10.C2H6/c1-13(2)9-19(12-21-8)17(6)18(7)22-20-11-15(4)14(3)10-16(20)5;1-7-4-3-5-8(2)6-7;1-2/h10-12,21H,1,6,9H2,2-5,7-8H3;3-6H,1-2H3;1-2H3/b19-12-,22-18?;;. The molecule has 0 bridgehead atoms. The molecular formula is C30H44N2. The summed E-state index contributed by atoms with van der Waals surface area (Å²) in [6, 6.07) is 12.8. The van der Waals surface area contributed by atoms with Gasteiger partial charge in [0.2, 0.25) is 0 Å². The minimum Gasteiger partial charge on any atom is -0.394 e. The average Bonchev–Trinajstić information content (AvgIpc) is 2.72. The van der Waals surface area contributed by atoms with E-state index in [0.717, 1.165) is 34.5 Å². The van der Waals surface area contributed by atoms with Crippen molar-refractivity contribution >= 4 is 11.4 Å². The molecule has 2 nitrogen and oxygen atoms in total. The van der Waals surface area contributed by atoms with Gasteiger partial charge in [0.1, 0.15) is 0 Å². The van der Waals surface area contributed by atoms with Gasteiger partial charge >= 0.3 is 0 Å². The lowest BCUT2D eigenvalue weighted by Crippen LogP contribution is -2.05. The normalized spacial score (nSPS) is 10.9. The monoisotopic (exact) mass is 432 g/mol. The van der Waals surface area contributed by atoms with Gasteiger partial charge in [-0.1, -0.05) is 74.0 Å². The smallest absolute Gasteiger partial charge is 0.0665 e. The highest BCUT2D eigenvalue weighted by Crippen LogP contribution is 2.25. The largest absolute Gasteiger partial charge is 0.394 e. The van der Waals surface area contributed by atoms with E-state index in [9.17, 15) is 0 Å². The van der Waals surface area contributed by atoms with Gasteiger partial charge in [0.15, 0.2) is 0 Å². The summed E-state index contributed by atoms with van der Waals surface area (Å²) in [6.07, 6.45) is 2.78. The summed E-state index contributed by atoms with van der Waals surface area (Å²) in [6.45, 7) is 26.8. The highest BCUT2D eigenvalue weighted by Gasteiger charge is 2.08. The van der Waals surface area contributed by atoms with Gasteiger partial charge in [-0.25, -0.2) is 0 Å². The molecule has 0 radical (unpaired) electrons. The summed E-state index contributed by atoms with van der Waals surface area (Å²) in [5.41, 5.74) is 11.6. The molecule has 174 valence electrons. The predicted molar refractivity (Wildman–Crippen MR) is 146 cm³/mol. The first-order valence-corrected chi connectivity index (χ1v) is 11.4. The van der Waals surface area contributed by atoms with E-state index >= 15 is 0 Å². The van der Waals surface area contributed by atoms with Crippen LogP contribution in [0.5, 0.6) is 0 Å². The van der Waals surface area contributed by atoms with Crippen LogP contribution >= 0.6 is 0 Å². The van der Waals surface area contributed by atoms with Crippen LogP contribution in [0.4, 0.5) is 5.69 Å². The Morgan fingerprint density at radius 1 is 0.875 bits per heavy atom. The van der Waals surface area contributed by atoms with E-state index in [-0.39, 0.29) is 0 Å². The second kappa shape index (κ2) is 15.0. The lowest BCUT2D eigenvalue weighted by molar-refractivity contribution is 1.04. The molecule has 0 fully saturated rings. The van der Waals surface area contributed by atoms with Gasteiger partial charge in [-0.05, 0) is 88.8 Å². The number of nitrogens with one attached hydrogen (secondary N) is 1. The molecule has 0 saturated heterocycles. The van der Waals surface area contributed by atoms with Gasteiger partial charge < -0.3 is 5.32 Å².